The molecule has 0 spiro atoms. The molecule has 1 saturated carbocycles. The van der Waals surface area contributed by atoms with Crippen LogP contribution < -0.4 is 0 Å². The fraction of sp³-hybridized carbons (Fsp3) is 0.400. The third-order valence-corrected chi connectivity index (χ3v) is 8.31. The predicted molar refractivity (Wildman–Crippen MR) is 100 cm³/mol. The molecule has 0 radical (unpaired) electrons. The maximum atomic E-state index is 14.7. The fourth-order valence-electron chi connectivity index (χ4n) is 3.98. The van der Waals surface area contributed by atoms with Crippen LogP contribution in [0.2, 0.25) is 5.02 Å². The highest BCUT2D eigenvalue weighted by atomic mass is 35.5. The van der Waals surface area contributed by atoms with E-state index in [1.54, 1.807) is 0 Å². The summed E-state index contributed by atoms with van der Waals surface area (Å²) in [6.45, 7) is 0.0237. The Hall–Kier alpha value is -1.50. The van der Waals surface area contributed by atoms with Crippen molar-refractivity contribution in [2.45, 2.75) is 41.7 Å². The molecule has 0 atom stereocenters. The third-order valence-electron chi connectivity index (χ3n) is 5.51. The summed E-state index contributed by atoms with van der Waals surface area (Å²) in [5.74, 6) is -1.23. The van der Waals surface area contributed by atoms with Gasteiger partial charge in [0, 0.05) is 17.2 Å². The summed E-state index contributed by atoms with van der Waals surface area (Å²) in [5, 5.41) is 9.56. The number of aliphatic hydroxyl groups is 1. The minimum atomic E-state index is -4.00. The standard InChI is InChI=1S/C20H21ClF2O3S/c21-15-1-4-17(5-2-15)27(25,26)20(10-7-14(8-11-20)9-12-24)18-13-16(22)3-6-19(18)23/h1-6,13-14,24H,7-12H2/t14-,20-. The summed E-state index contributed by atoms with van der Waals surface area (Å²) < 4.78 is 54.2. The Morgan fingerprint density at radius 2 is 1.70 bits per heavy atom. The van der Waals surface area contributed by atoms with Crippen LogP contribution >= 0.6 is 11.6 Å². The number of hydrogen-bond acceptors (Lipinski definition) is 3. The summed E-state index contributed by atoms with van der Waals surface area (Å²) >= 11 is 5.87. The van der Waals surface area contributed by atoms with Crippen molar-refractivity contribution in [1.82, 2.24) is 0 Å². The average Bonchev–Trinajstić information content (AvgIpc) is 2.65. The number of aliphatic hydroxyl groups excluding tert-OH is 1. The van der Waals surface area contributed by atoms with Crippen LogP contribution in [0.25, 0.3) is 0 Å². The van der Waals surface area contributed by atoms with Gasteiger partial charge >= 0.3 is 0 Å². The van der Waals surface area contributed by atoms with E-state index < -0.39 is 26.2 Å². The predicted octanol–water partition coefficient (Wildman–Crippen LogP) is 4.86. The van der Waals surface area contributed by atoms with Crippen LogP contribution in [0.5, 0.6) is 0 Å². The maximum absolute atomic E-state index is 14.7. The lowest BCUT2D eigenvalue weighted by Gasteiger charge is -2.40. The molecule has 1 N–H and O–H groups in total. The molecule has 0 aromatic heterocycles. The minimum absolute atomic E-state index is 0.0237. The molecule has 0 unspecified atom stereocenters. The molecular weight excluding hydrogens is 394 g/mol. The van der Waals surface area contributed by atoms with Gasteiger partial charge in [-0.05, 0) is 80.5 Å². The van der Waals surface area contributed by atoms with E-state index in [2.05, 4.69) is 0 Å². The van der Waals surface area contributed by atoms with Crippen molar-refractivity contribution in [3.8, 4) is 0 Å². The van der Waals surface area contributed by atoms with E-state index in [1.165, 1.54) is 24.3 Å². The van der Waals surface area contributed by atoms with Crippen molar-refractivity contribution in [3.63, 3.8) is 0 Å². The van der Waals surface area contributed by atoms with E-state index in [4.69, 9.17) is 16.7 Å². The van der Waals surface area contributed by atoms with E-state index in [0.717, 1.165) is 18.2 Å². The molecule has 2 aromatic carbocycles. The Morgan fingerprint density at radius 3 is 2.30 bits per heavy atom. The molecule has 3 nitrogen and oxygen atoms in total. The highest BCUT2D eigenvalue weighted by Gasteiger charge is 2.49. The molecule has 0 saturated heterocycles. The first-order valence-corrected chi connectivity index (χ1v) is 10.7. The minimum Gasteiger partial charge on any atom is -0.396 e. The fourth-order valence-corrected chi connectivity index (χ4v) is 6.27. The molecule has 1 fully saturated rings. The number of hydrogen-bond donors (Lipinski definition) is 1. The highest BCUT2D eigenvalue weighted by molar-refractivity contribution is 7.92. The molecular formula is C20H21ClF2O3S. The van der Waals surface area contributed by atoms with Crippen LogP contribution in [-0.2, 0) is 14.6 Å². The lowest BCUT2D eigenvalue weighted by molar-refractivity contribution is 0.211. The molecule has 1 aliphatic carbocycles. The molecule has 27 heavy (non-hydrogen) atoms. The van der Waals surface area contributed by atoms with Crippen LogP contribution in [0.3, 0.4) is 0 Å². The van der Waals surface area contributed by atoms with Crippen LogP contribution in [-0.4, -0.2) is 20.1 Å². The van der Waals surface area contributed by atoms with E-state index in [0.29, 0.717) is 24.3 Å². The van der Waals surface area contributed by atoms with Gasteiger partial charge in [-0.3, -0.25) is 0 Å². The largest absolute Gasteiger partial charge is 0.396 e. The van der Waals surface area contributed by atoms with Crippen LogP contribution in [0.1, 0.15) is 37.7 Å². The summed E-state index contributed by atoms with van der Waals surface area (Å²) in [6.07, 6.45) is 1.95. The number of benzene rings is 2. The van der Waals surface area contributed by atoms with Gasteiger partial charge in [-0.2, -0.15) is 0 Å². The molecule has 2 aromatic rings. The molecule has 146 valence electrons. The smallest absolute Gasteiger partial charge is 0.188 e. The SMILES string of the molecule is O=S(=O)(c1ccc(Cl)cc1)[C@]1(c2cc(F)ccc2F)CC[C@@H](CCO)CC1. The summed E-state index contributed by atoms with van der Waals surface area (Å²) in [6, 6.07) is 8.70. The van der Waals surface area contributed by atoms with Gasteiger partial charge < -0.3 is 5.11 Å². The second-order valence-corrected chi connectivity index (χ2v) is 9.73. The van der Waals surface area contributed by atoms with E-state index in [-0.39, 0.29) is 35.8 Å². The summed E-state index contributed by atoms with van der Waals surface area (Å²) in [4.78, 5) is 0.0381. The average molecular weight is 415 g/mol. The second kappa shape index (κ2) is 7.86. The van der Waals surface area contributed by atoms with Gasteiger partial charge in [0.05, 0.1) is 4.90 Å². The highest BCUT2D eigenvalue weighted by Crippen LogP contribution is 2.49. The first-order valence-electron chi connectivity index (χ1n) is 8.87. The lowest BCUT2D eigenvalue weighted by atomic mass is 9.76. The molecule has 3 rings (SSSR count). The third kappa shape index (κ3) is 3.75. The topological polar surface area (TPSA) is 54.4 Å². The Bertz CT molecular complexity index is 905. The van der Waals surface area contributed by atoms with E-state index in [1.807, 2.05) is 0 Å². The Kier molecular flexibility index (Phi) is 5.89. The number of rotatable bonds is 5. The maximum Gasteiger partial charge on any atom is 0.188 e. The van der Waals surface area contributed by atoms with Crippen LogP contribution in [0.4, 0.5) is 8.78 Å². The zero-order valence-corrected chi connectivity index (χ0v) is 16.2. The quantitative estimate of drug-likeness (QED) is 0.760. The van der Waals surface area contributed by atoms with Crippen LogP contribution in [0, 0.1) is 17.6 Å². The van der Waals surface area contributed by atoms with E-state index >= 15 is 0 Å². The molecule has 0 heterocycles. The Morgan fingerprint density at radius 1 is 1.07 bits per heavy atom. The Balaban J connectivity index is 2.14. The number of sulfone groups is 1. The second-order valence-electron chi connectivity index (χ2n) is 7.03. The summed E-state index contributed by atoms with van der Waals surface area (Å²) in [7, 11) is -4.00. The molecule has 7 heteroatoms. The molecule has 0 amide bonds. The number of halogens is 3. The van der Waals surface area contributed by atoms with Crippen molar-refractivity contribution >= 4 is 21.4 Å². The van der Waals surface area contributed by atoms with Gasteiger partial charge in [0.1, 0.15) is 16.4 Å². The summed E-state index contributed by atoms with van der Waals surface area (Å²) in [5.41, 5.74) is -0.125. The van der Waals surface area contributed by atoms with Crippen LogP contribution in [0.15, 0.2) is 47.4 Å². The Labute approximate surface area is 162 Å². The zero-order chi connectivity index (χ0) is 19.7. The van der Waals surface area contributed by atoms with Gasteiger partial charge in [-0.25, -0.2) is 17.2 Å². The van der Waals surface area contributed by atoms with Gasteiger partial charge in [0.15, 0.2) is 9.84 Å². The monoisotopic (exact) mass is 414 g/mol. The van der Waals surface area contributed by atoms with Gasteiger partial charge in [-0.1, -0.05) is 11.6 Å². The van der Waals surface area contributed by atoms with Crippen molar-refractivity contribution in [2.24, 2.45) is 5.92 Å². The van der Waals surface area contributed by atoms with Crippen molar-refractivity contribution < 1.29 is 22.3 Å². The first-order chi connectivity index (χ1) is 12.8. The normalized spacial score (nSPS) is 23.3. The van der Waals surface area contributed by atoms with Crippen molar-refractivity contribution in [2.75, 3.05) is 6.61 Å². The van der Waals surface area contributed by atoms with E-state index in [9.17, 15) is 17.2 Å². The molecule has 0 bridgehead atoms. The lowest BCUT2D eigenvalue weighted by Crippen LogP contribution is -2.40. The van der Waals surface area contributed by atoms with Gasteiger partial charge in [0.25, 0.3) is 0 Å². The molecule has 0 aliphatic heterocycles. The zero-order valence-electron chi connectivity index (χ0n) is 14.7. The van der Waals surface area contributed by atoms with Crippen molar-refractivity contribution in [1.29, 1.82) is 0 Å². The van der Waals surface area contributed by atoms with Gasteiger partial charge in [-0.15, -0.1) is 0 Å². The van der Waals surface area contributed by atoms with Gasteiger partial charge in [0.2, 0.25) is 0 Å². The van der Waals surface area contributed by atoms with Crippen molar-refractivity contribution in [3.05, 3.63) is 64.7 Å². The molecule has 1 aliphatic rings. The first kappa shape index (κ1) is 20.2.